The second-order valence-electron chi connectivity index (χ2n) is 8.65. The molecule has 4 aromatic carbocycles. The van der Waals surface area contributed by atoms with E-state index in [0.717, 1.165) is 16.6 Å². The normalized spacial score (nSPS) is 11.2. The van der Waals surface area contributed by atoms with E-state index in [9.17, 15) is 0 Å². The van der Waals surface area contributed by atoms with Crippen molar-refractivity contribution < 1.29 is 0 Å². The molecule has 34 heavy (non-hydrogen) atoms. The highest BCUT2D eigenvalue weighted by Gasteiger charge is 2.42. The molecular formula is C31H28N2Si. The summed E-state index contributed by atoms with van der Waals surface area (Å²) in [6.45, 7) is 4.36. The van der Waals surface area contributed by atoms with E-state index in [1.807, 2.05) is 6.07 Å². The first-order chi connectivity index (χ1) is 16.7. The SMILES string of the molecule is Cc1cccc(C)c1N[Si](c1ccccc1)(c1ccccc1)c1cccc(-c2ccccc2)n1. The van der Waals surface area contributed by atoms with Crippen LogP contribution >= 0.6 is 0 Å². The van der Waals surface area contributed by atoms with Gasteiger partial charge >= 0.3 is 0 Å². The molecule has 166 valence electrons. The van der Waals surface area contributed by atoms with Crippen molar-refractivity contribution in [2.45, 2.75) is 13.8 Å². The third kappa shape index (κ3) is 4.06. The molecule has 3 heteroatoms. The minimum Gasteiger partial charge on any atom is -0.399 e. The molecule has 0 saturated carbocycles. The zero-order valence-corrected chi connectivity index (χ0v) is 20.6. The van der Waals surface area contributed by atoms with Crippen molar-refractivity contribution >= 4 is 29.6 Å². The first-order valence-electron chi connectivity index (χ1n) is 11.7. The van der Waals surface area contributed by atoms with Gasteiger partial charge in [-0.15, -0.1) is 0 Å². The van der Waals surface area contributed by atoms with Crippen LogP contribution in [0.5, 0.6) is 0 Å². The zero-order valence-electron chi connectivity index (χ0n) is 19.6. The van der Waals surface area contributed by atoms with Crippen LogP contribution in [0.2, 0.25) is 0 Å². The fraction of sp³-hybridized carbons (Fsp3) is 0.0645. The van der Waals surface area contributed by atoms with Gasteiger partial charge in [0.2, 0.25) is 0 Å². The number of aromatic nitrogens is 1. The summed E-state index contributed by atoms with van der Waals surface area (Å²) in [5.74, 6) is 0. The lowest BCUT2D eigenvalue weighted by Gasteiger charge is -2.35. The van der Waals surface area contributed by atoms with Crippen LogP contribution in [-0.2, 0) is 0 Å². The molecule has 5 aromatic rings. The summed E-state index contributed by atoms with van der Waals surface area (Å²) in [4.78, 5) is 9.46. The molecule has 0 unspecified atom stereocenters. The van der Waals surface area contributed by atoms with Crippen molar-refractivity contribution in [2.24, 2.45) is 0 Å². The highest BCUT2D eigenvalue weighted by Crippen LogP contribution is 2.23. The van der Waals surface area contributed by atoms with Gasteiger partial charge in [0.05, 0.1) is 11.0 Å². The number of anilines is 1. The molecule has 0 bridgehead atoms. The Morgan fingerprint density at radius 1 is 0.529 bits per heavy atom. The van der Waals surface area contributed by atoms with Gasteiger partial charge in [-0.2, -0.15) is 0 Å². The topological polar surface area (TPSA) is 24.9 Å². The number of nitrogens with zero attached hydrogens (tertiary/aromatic N) is 1. The van der Waals surface area contributed by atoms with Crippen LogP contribution in [0.15, 0.2) is 127 Å². The Hall–Kier alpha value is -3.95. The highest BCUT2D eigenvalue weighted by molar-refractivity contribution is 7.13. The molecule has 1 heterocycles. The number of benzene rings is 4. The lowest BCUT2D eigenvalue weighted by molar-refractivity contribution is 1.34. The van der Waals surface area contributed by atoms with Crippen molar-refractivity contribution in [2.75, 3.05) is 4.98 Å². The maximum atomic E-state index is 5.32. The molecule has 0 aliphatic heterocycles. The molecule has 0 saturated heterocycles. The molecule has 0 radical (unpaired) electrons. The molecule has 0 fully saturated rings. The van der Waals surface area contributed by atoms with Crippen LogP contribution in [0.3, 0.4) is 0 Å². The standard InChI is InChI=1S/C31H28N2Si/c1-24-14-12-15-25(2)31(24)33-34(27-18-8-4-9-19-27,28-20-10-5-11-21-28)30-23-13-22-29(32-30)26-16-6-3-7-17-26/h3-23,33H,1-2H3. The number of pyridine rings is 1. The van der Waals surface area contributed by atoms with Crippen molar-refractivity contribution in [3.05, 3.63) is 139 Å². The Bertz CT molecular complexity index is 1320. The van der Waals surface area contributed by atoms with E-state index in [2.05, 4.69) is 140 Å². The average molecular weight is 457 g/mol. The van der Waals surface area contributed by atoms with Gasteiger partial charge in [-0.3, -0.25) is 4.98 Å². The van der Waals surface area contributed by atoms with E-state index >= 15 is 0 Å². The Kier molecular flexibility index (Phi) is 6.11. The lowest BCUT2D eigenvalue weighted by Crippen LogP contribution is -2.73. The van der Waals surface area contributed by atoms with Crippen LogP contribution in [0.25, 0.3) is 11.3 Å². The predicted octanol–water partition coefficient (Wildman–Crippen LogP) is 5.44. The van der Waals surface area contributed by atoms with Crippen molar-refractivity contribution in [3.63, 3.8) is 0 Å². The minimum absolute atomic E-state index is 0.991. The Labute approximate surface area is 203 Å². The summed E-state index contributed by atoms with van der Waals surface area (Å²) in [6.07, 6.45) is 0. The number of aryl methyl sites for hydroxylation is 2. The van der Waals surface area contributed by atoms with Crippen LogP contribution in [0.4, 0.5) is 5.69 Å². The number of para-hydroxylation sites is 1. The fourth-order valence-electron chi connectivity index (χ4n) is 4.66. The summed E-state index contributed by atoms with van der Waals surface area (Å²) >= 11 is 0. The Balaban J connectivity index is 1.81. The number of hydrogen-bond donors (Lipinski definition) is 1. The van der Waals surface area contributed by atoms with E-state index in [0.29, 0.717) is 0 Å². The van der Waals surface area contributed by atoms with Gasteiger partial charge < -0.3 is 4.98 Å². The van der Waals surface area contributed by atoms with Gasteiger partial charge in [-0.25, -0.2) is 0 Å². The van der Waals surface area contributed by atoms with Crippen molar-refractivity contribution in [3.8, 4) is 11.3 Å². The lowest BCUT2D eigenvalue weighted by atomic mass is 10.1. The summed E-state index contributed by atoms with van der Waals surface area (Å²) < 4.78 is 0. The quantitative estimate of drug-likeness (QED) is 0.344. The summed E-state index contributed by atoms with van der Waals surface area (Å²) in [7, 11) is -2.75. The van der Waals surface area contributed by atoms with Crippen molar-refractivity contribution in [1.82, 2.24) is 4.98 Å². The molecule has 2 nitrogen and oxygen atoms in total. The molecular weight excluding hydrogens is 428 g/mol. The Morgan fingerprint density at radius 2 is 1.03 bits per heavy atom. The molecule has 0 aliphatic rings. The van der Waals surface area contributed by atoms with Crippen LogP contribution in [-0.4, -0.2) is 13.2 Å². The fourth-order valence-corrected chi connectivity index (χ4v) is 8.79. The molecule has 1 aromatic heterocycles. The first kappa shape index (κ1) is 21.9. The summed E-state index contributed by atoms with van der Waals surface area (Å²) in [6, 6.07) is 45.0. The predicted molar refractivity (Wildman–Crippen MR) is 147 cm³/mol. The number of nitrogens with one attached hydrogen (secondary N) is 1. The average Bonchev–Trinajstić information content (AvgIpc) is 2.90. The largest absolute Gasteiger partial charge is 0.399 e. The third-order valence-corrected chi connectivity index (χ3v) is 10.5. The van der Waals surface area contributed by atoms with Gasteiger partial charge in [-0.05, 0) is 47.5 Å². The number of hydrogen-bond acceptors (Lipinski definition) is 2. The maximum absolute atomic E-state index is 5.32. The third-order valence-electron chi connectivity index (χ3n) is 6.41. The van der Waals surface area contributed by atoms with E-state index in [4.69, 9.17) is 4.98 Å². The van der Waals surface area contributed by atoms with E-state index in [1.165, 1.54) is 27.2 Å². The minimum atomic E-state index is -2.75. The molecule has 0 atom stereocenters. The van der Waals surface area contributed by atoms with Gasteiger partial charge in [0.15, 0.2) is 0 Å². The second kappa shape index (κ2) is 9.50. The van der Waals surface area contributed by atoms with E-state index in [1.54, 1.807) is 0 Å². The molecule has 5 rings (SSSR count). The highest BCUT2D eigenvalue weighted by atomic mass is 28.3. The van der Waals surface area contributed by atoms with Crippen molar-refractivity contribution in [1.29, 1.82) is 0 Å². The smallest absolute Gasteiger partial charge is 0.269 e. The maximum Gasteiger partial charge on any atom is 0.269 e. The van der Waals surface area contributed by atoms with Gasteiger partial charge in [0.25, 0.3) is 8.24 Å². The molecule has 0 aliphatic carbocycles. The van der Waals surface area contributed by atoms with Crippen LogP contribution in [0, 0.1) is 13.8 Å². The van der Waals surface area contributed by atoms with E-state index in [-0.39, 0.29) is 0 Å². The monoisotopic (exact) mass is 456 g/mol. The summed E-state index contributed by atoms with van der Waals surface area (Å²) in [5.41, 5.74) is 5.78. The van der Waals surface area contributed by atoms with Gasteiger partial charge in [0.1, 0.15) is 0 Å². The van der Waals surface area contributed by atoms with Crippen LogP contribution < -0.4 is 20.7 Å². The zero-order chi connectivity index (χ0) is 23.4. The molecule has 0 amide bonds. The molecule has 1 N–H and O–H groups in total. The van der Waals surface area contributed by atoms with Gasteiger partial charge in [-0.1, -0.05) is 115 Å². The van der Waals surface area contributed by atoms with Crippen LogP contribution in [0.1, 0.15) is 11.1 Å². The van der Waals surface area contributed by atoms with E-state index < -0.39 is 8.24 Å². The first-order valence-corrected chi connectivity index (χ1v) is 13.7. The molecule has 0 spiro atoms. The summed E-state index contributed by atoms with van der Waals surface area (Å²) in [5, 5.41) is 3.65. The van der Waals surface area contributed by atoms with Gasteiger partial charge in [0, 0.05) is 11.3 Å². The Morgan fingerprint density at radius 3 is 1.59 bits per heavy atom. The number of rotatable bonds is 6. The second-order valence-corrected chi connectivity index (χ2v) is 12.1.